The van der Waals surface area contributed by atoms with Crippen molar-refractivity contribution in [1.82, 2.24) is 20.0 Å². The van der Waals surface area contributed by atoms with Crippen LogP contribution in [-0.4, -0.2) is 52.5 Å². The van der Waals surface area contributed by atoms with Gasteiger partial charge in [0.15, 0.2) is 5.96 Å². The fourth-order valence-corrected chi connectivity index (χ4v) is 2.76. The summed E-state index contributed by atoms with van der Waals surface area (Å²) in [6.45, 7) is 9.00. The third-order valence-corrected chi connectivity index (χ3v) is 4.58. The predicted molar refractivity (Wildman–Crippen MR) is 111 cm³/mol. The van der Waals surface area contributed by atoms with Crippen LogP contribution < -0.4 is 5.32 Å². The molecule has 0 aromatic carbocycles. The first-order chi connectivity index (χ1) is 11.0. The molecular weight excluding hydrogens is 417 g/mol. The minimum atomic E-state index is 0. The number of aliphatic hydroxyl groups is 1. The smallest absolute Gasteiger partial charge is 0.193 e. The van der Waals surface area contributed by atoms with Crippen LogP contribution in [0.1, 0.15) is 45.6 Å². The average molecular weight is 451 g/mol. The number of aryl methyl sites for hydroxylation is 1. The largest absolute Gasteiger partial charge is 0.396 e. The number of aliphatic hydroxyl groups excluding tert-OH is 1. The van der Waals surface area contributed by atoms with E-state index in [9.17, 15) is 5.11 Å². The van der Waals surface area contributed by atoms with Gasteiger partial charge in [-0.15, -0.1) is 24.0 Å². The zero-order valence-electron chi connectivity index (χ0n) is 15.7. The molecule has 1 aromatic rings. The van der Waals surface area contributed by atoms with Crippen molar-refractivity contribution in [3.8, 4) is 0 Å². The first-order valence-corrected chi connectivity index (χ1v) is 8.58. The molecular formula is C17H34IN5O. The number of nitrogens with zero attached hydrogens (tertiary/aromatic N) is 4. The molecule has 0 spiro atoms. The van der Waals surface area contributed by atoms with Crippen molar-refractivity contribution >= 4 is 29.9 Å². The first-order valence-electron chi connectivity index (χ1n) is 8.58. The fourth-order valence-electron chi connectivity index (χ4n) is 2.76. The number of halogens is 1. The molecule has 1 aromatic heterocycles. The van der Waals surface area contributed by atoms with Gasteiger partial charge in [0, 0.05) is 52.1 Å². The molecule has 2 N–H and O–H groups in total. The van der Waals surface area contributed by atoms with Crippen LogP contribution in [0.5, 0.6) is 0 Å². The number of nitrogens with one attached hydrogen (secondary N) is 1. The molecule has 1 heterocycles. The van der Waals surface area contributed by atoms with Crippen LogP contribution in [0, 0.1) is 5.41 Å². The van der Waals surface area contributed by atoms with Crippen molar-refractivity contribution in [1.29, 1.82) is 0 Å². The molecule has 0 radical (unpaired) electrons. The monoisotopic (exact) mass is 451 g/mol. The third-order valence-electron chi connectivity index (χ3n) is 4.58. The van der Waals surface area contributed by atoms with Gasteiger partial charge in [-0.1, -0.05) is 13.8 Å². The number of hydrogen-bond donors (Lipinski definition) is 2. The molecule has 140 valence electrons. The summed E-state index contributed by atoms with van der Waals surface area (Å²) in [5.74, 6) is 0.903. The summed E-state index contributed by atoms with van der Waals surface area (Å²) in [5.41, 5.74) is 1.25. The van der Waals surface area contributed by atoms with Crippen molar-refractivity contribution in [2.45, 2.75) is 46.6 Å². The molecule has 0 atom stereocenters. The molecule has 0 saturated heterocycles. The first kappa shape index (κ1) is 23.2. The minimum absolute atomic E-state index is 0. The zero-order chi connectivity index (χ0) is 17.3. The summed E-state index contributed by atoms with van der Waals surface area (Å²) in [6.07, 6.45) is 6.76. The van der Waals surface area contributed by atoms with Gasteiger partial charge in [0.1, 0.15) is 0 Å². The van der Waals surface area contributed by atoms with E-state index in [0.29, 0.717) is 0 Å². The Labute approximate surface area is 163 Å². The van der Waals surface area contributed by atoms with E-state index in [1.54, 1.807) is 0 Å². The predicted octanol–water partition coefficient (Wildman–Crippen LogP) is 2.62. The number of guanidine groups is 1. The summed E-state index contributed by atoms with van der Waals surface area (Å²) in [4.78, 5) is 6.96. The lowest BCUT2D eigenvalue weighted by molar-refractivity contribution is 0.175. The molecule has 7 heteroatoms. The molecule has 0 saturated carbocycles. The summed E-state index contributed by atoms with van der Waals surface area (Å²) in [7, 11) is 3.97. The van der Waals surface area contributed by atoms with E-state index < -0.39 is 0 Å². The molecule has 6 nitrogen and oxygen atoms in total. The van der Waals surface area contributed by atoms with Crippen LogP contribution in [0.25, 0.3) is 0 Å². The van der Waals surface area contributed by atoms with Crippen molar-refractivity contribution in [2.75, 3.05) is 26.7 Å². The molecule has 1 rings (SSSR count). The molecule has 0 aliphatic rings. The topological polar surface area (TPSA) is 65.7 Å². The van der Waals surface area contributed by atoms with Crippen LogP contribution in [0.3, 0.4) is 0 Å². The van der Waals surface area contributed by atoms with Crippen molar-refractivity contribution in [2.24, 2.45) is 17.5 Å². The van der Waals surface area contributed by atoms with E-state index in [-0.39, 0.29) is 36.0 Å². The Balaban J connectivity index is 0.00000529. The van der Waals surface area contributed by atoms with Crippen molar-refractivity contribution < 1.29 is 5.11 Å². The Bertz CT molecular complexity index is 485. The second-order valence-electron chi connectivity index (χ2n) is 6.23. The van der Waals surface area contributed by atoms with Gasteiger partial charge in [-0.05, 0) is 31.6 Å². The van der Waals surface area contributed by atoms with Gasteiger partial charge in [0.25, 0.3) is 0 Å². The normalized spacial score (nSPS) is 12.0. The van der Waals surface area contributed by atoms with Gasteiger partial charge in [0.05, 0.1) is 6.20 Å². The second kappa shape index (κ2) is 11.7. The maximum atomic E-state index is 9.36. The Morgan fingerprint density at radius 2 is 2.04 bits per heavy atom. The second-order valence-corrected chi connectivity index (χ2v) is 6.23. The van der Waals surface area contributed by atoms with Crippen LogP contribution in [0.4, 0.5) is 0 Å². The van der Waals surface area contributed by atoms with Crippen LogP contribution in [0.15, 0.2) is 17.4 Å². The third kappa shape index (κ3) is 6.96. The van der Waals surface area contributed by atoms with Crippen LogP contribution in [0.2, 0.25) is 0 Å². The lowest BCUT2D eigenvalue weighted by Crippen LogP contribution is -2.39. The van der Waals surface area contributed by atoms with E-state index in [0.717, 1.165) is 50.4 Å². The van der Waals surface area contributed by atoms with Gasteiger partial charge in [-0.2, -0.15) is 5.10 Å². The number of hydrogen-bond acceptors (Lipinski definition) is 3. The maximum absolute atomic E-state index is 9.36. The lowest BCUT2D eigenvalue weighted by atomic mass is 9.79. The minimum Gasteiger partial charge on any atom is -0.396 e. The highest BCUT2D eigenvalue weighted by Gasteiger charge is 2.25. The summed E-state index contributed by atoms with van der Waals surface area (Å²) >= 11 is 0. The van der Waals surface area contributed by atoms with E-state index in [2.05, 4.69) is 36.1 Å². The van der Waals surface area contributed by atoms with Crippen LogP contribution in [-0.2, 0) is 13.6 Å². The molecule has 0 bridgehead atoms. The number of aromatic nitrogens is 2. The van der Waals surface area contributed by atoms with Crippen molar-refractivity contribution in [3.05, 3.63) is 18.0 Å². The molecule has 0 unspecified atom stereocenters. The Morgan fingerprint density at radius 3 is 2.50 bits per heavy atom. The van der Waals surface area contributed by atoms with E-state index >= 15 is 0 Å². The Morgan fingerprint density at radius 1 is 1.38 bits per heavy atom. The lowest BCUT2D eigenvalue weighted by Gasteiger charge is -2.30. The van der Waals surface area contributed by atoms with Gasteiger partial charge >= 0.3 is 0 Å². The number of rotatable bonds is 9. The SMILES string of the molecule is CCNC(=NCC(CC)(CC)CCO)N(C)Cc1cnn(C)c1.I. The highest BCUT2D eigenvalue weighted by atomic mass is 127. The summed E-state index contributed by atoms with van der Waals surface area (Å²) < 4.78 is 1.81. The number of aliphatic imine (C=N–C) groups is 1. The van der Waals surface area contributed by atoms with Gasteiger partial charge in [-0.25, -0.2) is 0 Å². The van der Waals surface area contributed by atoms with Gasteiger partial charge < -0.3 is 15.3 Å². The Kier molecular flexibility index (Phi) is 11.3. The van der Waals surface area contributed by atoms with E-state index in [1.807, 2.05) is 31.2 Å². The van der Waals surface area contributed by atoms with Gasteiger partial charge in [0.2, 0.25) is 0 Å². The summed E-state index contributed by atoms with van der Waals surface area (Å²) in [6, 6.07) is 0. The fraction of sp³-hybridized carbons (Fsp3) is 0.765. The maximum Gasteiger partial charge on any atom is 0.193 e. The molecule has 24 heavy (non-hydrogen) atoms. The highest BCUT2D eigenvalue weighted by Crippen LogP contribution is 2.30. The molecule has 0 aliphatic heterocycles. The van der Waals surface area contributed by atoms with Crippen LogP contribution >= 0.6 is 24.0 Å². The summed E-state index contributed by atoms with van der Waals surface area (Å²) in [5, 5.41) is 16.9. The Hall–Kier alpha value is -0.830. The quantitative estimate of drug-likeness (QED) is 0.344. The van der Waals surface area contributed by atoms with E-state index in [1.165, 1.54) is 0 Å². The molecule has 0 amide bonds. The standard InChI is InChI=1S/C17H33N5O.HI/c1-6-17(7-2,9-10-23)14-19-16(18-8-3)21(4)12-15-11-20-22(5)13-15;/h11,13,23H,6-10,12,14H2,1-5H3,(H,18,19);1H. The van der Waals surface area contributed by atoms with E-state index in [4.69, 9.17) is 4.99 Å². The zero-order valence-corrected chi connectivity index (χ0v) is 18.1. The van der Waals surface area contributed by atoms with Crippen molar-refractivity contribution in [3.63, 3.8) is 0 Å². The average Bonchev–Trinajstić information content (AvgIpc) is 2.95. The molecule has 0 aliphatic carbocycles. The molecule has 0 fully saturated rings. The highest BCUT2D eigenvalue weighted by molar-refractivity contribution is 14.0. The van der Waals surface area contributed by atoms with Gasteiger partial charge in [-0.3, -0.25) is 9.67 Å².